The Morgan fingerprint density at radius 3 is 2.40 bits per heavy atom. The molecule has 0 aliphatic rings. The second-order valence-corrected chi connectivity index (χ2v) is 5.79. The van der Waals surface area contributed by atoms with Crippen LogP contribution in [0, 0.1) is 5.41 Å². The smallest absolute Gasteiger partial charge is 0.191 e. The van der Waals surface area contributed by atoms with E-state index in [2.05, 4.69) is 43.3 Å². The van der Waals surface area contributed by atoms with Crippen LogP contribution in [0.25, 0.3) is 0 Å². The van der Waals surface area contributed by atoms with Gasteiger partial charge in [-0.3, -0.25) is 4.99 Å². The van der Waals surface area contributed by atoms with Gasteiger partial charge in [-0.15, -0.1) is 0 Å². The average molecular weight is 287 g/mol. The minimum atomic E-state index is 0.0878. The Balaban J connectivity index is 4.24. The summed E-state index contributed by atoms with van der Waals surface area (Å²) in [5.74, 6) is 0.843. The van der Waals surface area contributed by atoms with Crippen LogP contribution in [0.4, 0.5) is 0 Å². The molecule has 0 aromatic rings. The van der Waals surface area contributed by atoms with Gasteiger partial charge in [0.05, 0.1) is 12.6 Å². The van der Waals surface area contributed by atoms with E-state index < -0.39 is 0 Å². The van der Waals surface area contributed by atoms with Crippen molar-refractivity contribution >= 4 is 5.96 Å². The van der Waals surface area contributed by atoms with Gasteiger partial charge < -0.3 is 20.1 Å². The molecule has 1 unspecified atom stereocenters. The van der Waals surface area contributed by atoms with Gasteiger partial charge >= 0.3 is 0 Å². The summed E-state index contributed by atoms with van der Waals surface area (Å²) in [6.07, 6.45) is 1.09. The van der Waals surface area contributed by atoms with Gasteiger partial charge in [-0.25, -0.2) is 0 Å². The van der Waals surface area contributed by atoms with Crippen molar-refractivity contribution in [3.8, 4) is 0 Å². The molecule has 0 aliphatic carbocycles. The lowest BCUT2D eigenvalue weighted by Gasteiger charge is -2.28. The Morgan fingerprint density at radius 1 is 1.20 bits per heavy atom. The lowest BCUT2D eigenvalue weighted by Crippen LogP contribution is -2.40. The van der Waals surface area contributed by atoms with Crippen molar-refractivity contribution in [1.82, 2.24) is 10.6 Å². The highest BCUT2D eigenvalue weighted by atomic mass is 16.5. The highest BCUT2D eigenvalue weighted by molar-refractivity contribution is 5.79. The molecule has 0 amide bonds. The largest absolute Gasteiger partial charge is 0.382 e. The van der Waals surface area contributed by atoms with Gasteiger partial charge in [0.2, 0.25) is 0 Å². The highest BCUT2D eigenvalue weighted by Gasteiger charge is 2.23. The number of hydrogen-bond acceptors (Lipinski definition) is 3. The zero-order valence-electron chi connectivity index (χ0n) is 14.1. The van der Waals surface area contributed by atoms with Crippen molar-refractivity contribution in [1.29, 1.82) is 0 Å². The number of nitrogens with one attached hydrogen (secondary N) is 2. The van der Waals surface area contributed by atoms with Crippen molar-refractivity contribution in [2.75, 3.05) is 40.0 Å². The summed E-state index contributed by atoms with van der Waals surface area (Å²) >= 11 is 0. The van der Waals surface area contributed by atoms with E-state index in [4.69, 9.17) is 9.47 Å². The molecule has 0 saturated carbocycles. The summed E-state index contributed by atoms with van der Waals surface area (Å²) in [7, 11) is 1.74. The predicted octanol–water partition coefficient (Wildman–Crippen LogP) is 2.03. The van der Waals surface area contributed by atoms with Crippen LogP contribution in [0.15, 0.2) is 4.99 Å². The van der Waals surface area contributed by atoms with Crippen LogP contribution in [-0.4, -0.2) is 52.0 Å². The highest BCUT2D eigenvalue weighted by Crippen LogP contribution is 2.21. The Morgan fingerprint density at radius 2 is 1.90 bits per heavy atom. The van der Waals surface area contributed by atoms with E-state index in [1.165, 1.54) is 0 Å². The molecule has 5 heteroatoms. The summed E-state index contributed by atoms with van der Waals surface area (Å²) in [5.41, 5.74) is 0.0878. The minimum Gasteiger partial charge on any atom is -0.382 e. The number of aliphatic imine (C=N–C) groups is 1. The third kappa shape index (κ3) is 9.15. The maximum atomic E-state index is 5.52. The number of rotatable bonds is 9. The van der Waals surface area contributed by atoms with E-state index in [-0.39, 0.29) is 11.5 Å². The molecule has 0 aliphatic heterocycles. The van der Waals surface area contributed by atoms with E-state index in [9.17, 15) is 0 Å². The fourth-order valence-electron chi connectivity index (χ4n) is 1.74. The normalized spacial score (nSPS) is 14.2. The fraction of sp³-hybridized carbons (Fsp3) is 0.933. The topological polar surface area (TPSA) is 54.9 Å². The quantitative estimate of drug-likeness (QED) is 0.387. The SMILES string of the molecule is CCNC(=NCC(OC)C(C)(C)C)NCCCOCC. The molecule has 0 aromatic carbocycles. The van der Waals surface area contributed by atoms with Gasteiger partial charge in [-0.2, -0.15) is 0 Å². The molecule has 2 N–H and O–H groups in total. The summed E-state index contributed by atoms with van der Waals surface area (Å²) in [6, 6.07) is 0. The van der Waals surface area contributed by atoms with E-state index in [0.29, 0.717) is 6.54 Å². The van der Waals surface area contributed by atoms with Gasteiger partial charge in [0.25, 0.3) is 0 Å². The first-order valence-electron chi connectivity index (χ1n) is 7.58. The summed E-state index contributed by atoms with van der Waals surface area (Å²) in [6.45, 7) is 14.5. The predicted molar refractivity (Wildman–Crippen MR) is 85.3 cm³/mol. The van der Waals surface area contributed by atoms with E-state index in [1.807, 2.05) is 6.92 Å². The molecule has 0 radical (unpaired) electrons. The molecule has 0 spiro atoms. The third-order valence-electron chi connectivity index (χ3n) is 2.97. The third-order valence-corrected chi connectivity index (χ3v) is 2.97. The first-order valence-corrected chi connectivity index (χ1v) is 7.58. The van der Waals surface area contributed by atoms with Crippen LogP contribution in [0.2, 0.25) is 0 Å². The Bertz CT molecular complexity index is 262. The first kappa shape index (κ1) is 19.2. The van der Waals surface area contributed by atoms with Crippen LogP contribution in [0.5, 0.6) is 0 Å². The van der Waals surface area contributed by atoms with Crippen molar-refractivity contribution in [3.63, 3.8) is 0 Å². The van der Waals surface area contributed by atoms with Crippen LogP contribution in [-0.2, 0) is 9.47 Å². The van der Waals surface area contributed by atoms with Gasteiger partial charge in [-0.1, -0.05) is 20.8 Å². The number of methoxy groups -OCH3 is 1. The van der Waals surface area contributed by atoms with Crippen LogP contribution in [0.1, 0.15) is 41.0 Å². The van der Waals surface area contributed by atoms with Crippen molar-refractivity contribution in [3.05, 3.63) is 0 Å². The Kier molecular flexibility index (Phi) is 10.5. The van der Waals surface area contributed by atoms with Crippen LogP contribution in [0.3, 0.4) is 0 Å². The van der Waals surface area contributed by atoms with Crippen LogP contribution >= 0.6 is 0 Å². The zero-order chi connectivity index (χ0) is 15.4. The fourth-order valence-corrected chi connectivity index (χ4v) is 1.74. The van der Waals surface area contributed by atoms with Gasteiger partial charge in [0.15, 0.2) is 5.96 Å². The lowest BCUT2D eigenvalue weighted by atomic mass is 9.89. The summed E-state index contributed by atoms with van der Waals surface area (Å²) in [4.78, 5) is 4.60. The monoisotopic (exact) mass is 287 g/mol. The van der Waals surface area contributed by atoms with Crippen molar-refractivity contribution < 1.29 is 9.47 Å². The molecule has 5 nitrogen and oxygen atoms in total. The lowest BCUT2D eigenvalue weighted by molar-refractivity contribution is 0.0241. The minimum absolute atomic E-state index is 0.0878. The molecular weight excluding hydrogens is 254 g/mol. The Labute approximate surface area is 124 Å². The standard InChI is InChI=1S/C15H33N3O2/c1-7-16-14(17-10-9-11-20-8-2)18-12-13(19-6)15(3,4)5/h13H,7-12H2,1-6H3,(H2,16,17,18). The molecule has 1 atom stereocenters. The van der Waals surface area contributed by atoms with Crippen LogP contribution < -0.4 is 10.6 Å². The second kappa shape index (κ2) is 10.9. The van der Waals surface area contributed by atoms with E-state index in [1.54, 1.807) is 7.11 Å². The molecular formula is C15H33N3O2. The number of ether oxygens (including phenoxy) is 2. The van der Waals surface area contributed by atoms with Gasteiger partial charge in [-0.05, 0) is 25.7 Å². The molecule has 0 rings (SSSR count). The van der Waals surface area contributed by atoms with Gasteiger partial charge in [0.1, 0.15) is 0 Å². The second-order valence-electron chi connectivity index (χ2n) is 5.79. The van der Waals surface area contributed by atoms with Crippen molar-refractivity contribution in [2.24, 2.45) is 10.4 Å². The molecule has 20 heavy (non-hydrogen) atoms. The molecule has 0 saturated heterocycles. The van der Waals surface area contributed by atoms with E-state index >= 15 is 0 Å². The summed E-state index contributed by atoms with van der Waals surface area (Å²) in [5, 5.41) is 6.56. The first-order chi connectivity index (χ1) is 9.45. The maximum absolute atomic E-state index is 5.52. The summed E-state index contributed by atoms with van der Waals surface area (Å²) < 4.78 is 10.8. The molecule has 0 fully saturated rings. The molecule has 120 valence electrons. The number of guanidine groups is 1. The van der Waals surface area contributed by atoms with Crippen molar-refractivity contribution in [2.45, 2.75) is 47.1 Å². The average Bonchev–Trinajstić information content (AvgIpc) is 2.37. The molecule has 0 heterocycles. The number of hydrogen-bond donors (Lipinski definition) is 2. The number of nitrogens with zero attached hydrogens (tertiary/aromatic N) is 1. The molecule has 0 bridgehead atoms. The molecule has 0 aromatic heterocycles. The van der Waals surface area contributed by atoms with Gasteiger partial charge in [0, 0.05) is 33.4 Å². The maximum Gasteiger partial charge on any atom is 0.191 e. The zero-order valence-corrected chi connectivity index (χ0v) is 14.1. The Hall–Kier alpha value is -0.810. The van der Waals surface area contributed by atoms with E-state index in [0.717, 1.165) is 38.7 Å².